The van der Waals surface area contributed by atoms with Gasteiger partial charge in [0.05, 0.1) is 11.4 Å². The maximum absolute atomic E-state index is 13.7. The lowest BCUT2D eigenvalue weighted by Crippen LogP contribution is -2.45. The lowest BCUT2D eigenvalue weighted by atomic mass is 9.74. The Balaban J connectivity index is 1.39. The molecule has 2 aliphatic heterocycles. The van der Waals surface area contributed by atoms with Gasteiger partial charge in [0.15, 0.2) is 0 Å². The van der Waals surface area contributed by atoms with Gasteiger partial charge in [0.2, 0.25) is 15.9 Å². The van der Waals surface area contributed by atoms with E-state index in [4.69, 9.17) is 11.6 Å². The summed E-state index contributed by atoms with van der Waals surface area (Å²) in [5, 5.41) is 3.16. The zero-order valence-corrected chi connectivity index (χ0v) is 21.3. The minimum absolute atomic E-state index is 0.123. The molecule has 1 N–H and O–H groups in total. The second kappa shape index (κ2) is 9.22. The van der Waals surface area contributed by atoms with Crippen molar-refractivity contribution in [3.8, 4) is 0 Å². The Morgan fingerprint density at radius 3 is 2.50 bits per heavy atom. The predicted molar refractivity (Wildman–Crippen MR) is 132 cm³/mol. The molecular formula is C25H31ClFN3O3S. The van der Waals surface area contributed by atoms with Crippen LogP contribution in [0.25, 0.3) is 0 Å². The van der Waals surface area contributed by atoms with Crippen molar-refractivity contribution in [1.29, 1.82) is 0 Å². The number of halogens is 2. The number of carbonyl (C=O) groups excluding carboxylic acids is 1. The number of piperidine rings is 1. The van der Waals surface area contributed by atoms with Crippen LogP contribution in [0.4, 0.5) is 10.1 Å². The summed E-state index contributed by atoms with van der Waals surface area (Å²) in [6.07, 6.45) is 2.39. The van der Waals surface area contributed by atoms with Crippen molar-refractivity contribution in [3.63, 3.8) is 0 Å². The zero-order chi connectivity index (χ0) is 24.7. The van der Waals surface area contributed by atoms with Crippen molar-refractivity contribution in [3.05, 3.63) is 58.9 Å². The van der Waals surface area contributed by atoms with E-state index in [9.17, 15) is 17.6 Å². The number of carbonyl (C=O) groups is 1. The summed E-state index contributed by atoms with van der Waals surface area (Å²) in [5.74, 6) is -0.532. The average molecular weight is 508 g/mol. The van der Waals surface area contributed by atoms with E-state index in [2.05, 4.69) is 10.2 Å². The molecule has 4 rings (SSSR count). The lowest BCUT2D eigenvalue weighted by Gasteiger charge is -2.39. The summed E-state index contributed by atoms with van der Waals surface area (Å²) >= 11 is 6.05. The third kappa shape index (κ3) is 5.15. The van der Waals surface area contributed by atoms with E-state index in [1.807, 2.05) is 13.8 Å². The van der Waals surface area contributed by atoms with E-state index < -0.39 is 15.6 Å². The number of hydrogen-bond donors (Lipinski definition) is 1. The van der Waals surface area contributed by atoms with Gasteiger partial charge in [-0.1, -0.05) is 23.7 Å². The minimum Gasteiger partial charge on any atom is -0.325 e. The Hall–Kier alpha value is -2.00. The van der Waals surface area contributed by atoms with E-state index in [1.165, 1.54) is 12.1 Å². The topological polar surface area (TPSA) is 69.7 Å². The van der Waals surface area contributed by atoms with Crippen LogP contribution < -0.4 is 5.32 Å². The molecule has 1 spiro atoms. The molecule has 2 saturated heterocycles. The number of aryl methyl sites for hydroxylation is 1. The van der Waals surface area contributed by atoms with Gasteiger partial charge in [-0.05, 0) is 94.4 Å². The highest BCUT2D eigenvalue weighted by Crippen LogP contribution is 2.49. The maximum Gasteiger partial charge on any atom is 0.243 e. The summed E-state index contributed by atoms with van der Waals surface area (Å²) in [7, 11) is -3.68. The normalized spacial score (nSPS) is 20.5. The van der Waals surface area contributed by atoms with Gasteiger partial charge in [0.1, 0.15) is 5.82 Å². The van der Waals surface area contributed by atoms with Gasteiger partial charge in [-0.3, -0.25) is 9.69 Å². The van der Waals surface area contributed by atoms with Crippen molar-refractivity contribution in [2.75, 3.05) is 31.5 Å². The number of anilines is 1. The molecule has 0 atom stereocenters. The standard InChI is InChI=1S/C25H31ClFN3O3S/c1-18-7-8-20(14-22(18)27)28-23(31)15-29-11-9-25(10-12-29)16-24(2,3)30(17-25)34(32,33)21-6-4-5-19(26)13-21/h4-8,13-14H,9-12,15-17H2,1-3H3,(H,28,31). The Labute approximate surface area is 206 Å². The van der Waals surface area contributed by atoms with Crippen molar-refractivity contribution in [2.24, 2.45) is 5.41 Å². The van der Waals surface area contributed by atoms with Crippen LogP contribution in [-0.4, -0.2) is 55.2 Å². The Morgan fingerprint density at radius 1 is 1.15 bits per heavy atom. The van der Waals surface area contributed by atoms with Gasteiger partial charge in [-0.25, -0.2) is 12.8 Å². The Kier molecular flexibility index (Phi) is 6.81. The monoisotopic (exact) mass is 507 g/mol. The van der Waals surface area contributed by atoms with Gasteiger partial charge in [0.25, 0.3) is 0 Å². The van der Waals surface area contributed by atoms with Crippen molar-refractivity contribution >= 4 is 33.2 Å². The van der Waals surface area contributed by atoms with Crippen LogP contribution in [0.3, 0.4) is 0 Å². The first-order chi connectivity index (χ1) is 15.9. The lowest BCUT2D eigenvalue weighted by molar-refractivity contribution is -0.117. The first-order valence-electron chi connectivity index (χ1n) is 11.5. The molecule has 2 heterocycles. The molecular weight excluding hydrogens is 477 g/mol. The summed E-state index contributed by atoms with van der Waals surface area (Å²) in [4.78, 5) is 14.8. The fraction of sp³-hybridized carbons (Fsp3) is 0.480. The van der Waals surface area contributed by atoms with Crippen molar-refractivity contribution < 1.29 is 17.6 Å². The maximum atomic E-state index is 13.7. The first kappa shape index (κ1) is 25.1. The number of nitrogens with zero attached hydrogens (tertiary/aromatic N) is 2. The minimum atomic E-state index is -3.68. The van der Waals surface area contributed by atoms with Crippen LogP contribution in [0.2, 0.25) is 5.02 Å². The smallest absolute Gasteiger partial charge is 0.243 e. The fourth-order valence-corrected chi connectivity index (χ4v) is 7.53. The SMILES string of the molecule is Cc1ccc(NC(=O)CN2CCC3(CC2)CN(S(=O)(=O)c2cccc(Cl)c2)C(C)(C)C3)cc1F. The van der Waals surface area contributed by atoms with Gasteiger partial charge < -0.3 is 5.32 Å². The van der Waals surface area contributed by atoms with E-state index in [1.54, 1.807) is 41.6 Å². The average Bonchev–Trinajstić information content (AvgIpc) is 3.03. The third-order valence-corrected chi connectivity index (χ3v) is 9.37. The van der Waals surface area contributed by atoms with Crippen LogP contribution in [-0.2, 0) is 14.8 Å². The molecule has 0 bridgehead atoms. The van der Waals surface area contributed by atoms with Crippen LogP contribution in [0, 0.1) is 18.2 Å². The molecule has 0 aliphatic carbocycles. The predicted octanol–water partition coefficient (Wildman–Crippen LogP) is 4.68. The summed E-state index contributed by atoms with van der Waals surface area (Å²) in [5.41, 5.74) is 0.338. The van der Waals surface area contributed by atoms with Gasteiger partial charge >= 0.3 is 0 Å². The number of amides is 1. The number of hydrogen-bond acceptors (Lipinski definition) is 4. The molecule has 0 saturated carbocycles. The van der Waals surface area contributed by atoms with E-state index in [-0.39, 0.29) is 28.6 Å². The number of sulfonamides is 1. The Morgan fingerprint density at radius 2 is 1.85 bits per heavy atom. The number of benzene rings is 2. The molecule has 34 heavy (non-hydrogen) atoms. The van der Waals surface area contributed by atoms with Crippen LogP contribution in [0.1, 0.15) is 38.7 Å². The van der Waals surface area contributed by atoms with Crippen molar-refractivity contribution in [1.82, 2.24) is 9.21 Å². The molecule has 184 valence electrons. The second-order valence-corrected chi connectivity index (χ2v) is 12.5. The molecule has 2 aromatic carbocycles. The Bertz CT molecular complexity index is 1190. The van der Waals surface area contributed by atoms with Crippen molar-refractivity contribution in [2.45, 2.75) is 50.5 Å². The molecule has 0 aromatic heterocycles. The molecule has 2 aliphatic rings. The van der Waals surface area contributed by atoms with E-state index in [0.717, 1.165) is 19.3 Å². The number of rotatable bonds is 5. The molecule has 6 nitrogen and oxygen atoms in total. The second-order valence-electron chi connectivity index (χ2n) is 10.2. The quantitative estimate of drug-likeness (QED) is 0.638. The summed E-state index contributed by atoms with van der Waals surface area (Å²) in [6.45, 7) is 7.72. The number of likely N-dealkylation sites (tertiary alicyclic amines) is 1. The number of nitrogens with one attached hydrogen (secondary N) is 1. The van der Waals surface area contributed by atoms with Gasteiger partial charge in [0, 0.05) is 22.8 Å². The van der Waals surface area contributed by atoms with Crippen LogP contribution in [0.5, 0.6) is 0 Å². The molecule has 1 amide bonds. The molecule has 0 radical (unpaired) electrons. The van der Waals surface area contributed by atoms with E-state index in [0.29, 0.717) is 35.9 Å². The largest absolute Gasteiger partial charge is 0.325 e. The fourth-order valence-electron chi connectivity index (χ4n) is 5.34. The molecule has 0 unspecified atom stereocenters. The summed E-state index contributed by atoms with van der Waals surface area (Å²) in [6, 6.07) is 11.1. The molecule has 2 fully saturated rings. The highest BCUT2D eigenvalue weighted by atomic mass is 35.5. The third-order valence-electron chi connectivity index (χ3n) is 7.09. The van der Waals surface area contributed by atoms with Gasteiger partial charge in [-0.2, -0.15) is 4.31 Å². The molecule has 2 aromatic rings. The highest BCUT2D eigenvalue weighted by molar-refractivity contribution is 7.89. The van der Waals surface area contributed by atoms with E-state index >= 15 is 0 Å². The first-order valence-corrected chi connectivity index (χ1v) is 13.3. The summed E-state index contributed by atoms with van der Waals surface area (Å²) < 4.78 is 42.2. The zero-order valence-electron chi connectivity index (χ0n) is 19.8. The highest BCUT2D eigenvalue weighted by Gasteiger charge is 2.53. The van der Waals surface area contributed by atoms with Gasteiger partial charge in [-0.15, -0.1) is 0 Å². The van der Waals surface area contributed by atoms with Crippen LogP contribution >= 0.6 is 11.6 Å². The molecule has 9 heteroatoms. The van der Waals surface area contributed by atoms with Crippen LogP contribution in [0.15, 0.2) is 47.4 Å².